The van der Waals surface area contributed by atoms with Gasteiger partial charge in [0.15, 0.2) is 0 Å². The molecule has 1 atom stereocenters. The fourth-order valence-electron chi connectivity index (χ4n) is 2.37. The molecule has 116 valence electrons. The molecule has 0 spiro atoms. The van der Waals surface area contributed by atoms with Crippen molar-refractivity contribution in [2.45, 2.75) is 19.3 Å². The number of aromatic nitrogens is 2. The number of carboxylic acid groups (broad SMARTS) is 1. The monoisotopic (exact) mass is 304 g/mol. The summed E-state index contributed by atoms with van der Waals surface area (Å²) < 4.78 is 4.69. The molecule has 0 aliphatic rings. The quantitative estimate of drug-likeness (QED) is 0.723. The number of hydrogen-bond acceptors (Lipinski definition) is 4. The van der Waals surface area contributed by atoms with Crippen LogP contribution >= 0.6 is 0 Å². The molecule has 7 nitrogen and oxygen atoms in total. The smallest absolute Gasteiger partial charge is 0.335 e. The van der Waals surface area contributed by atoms with Gasteiger partial charge in [-0.25, -0.2) is 4.79 Å². The Balaban J connectivity index is 2.46. The van der Waals surface area contributed by atoms with E-state index >= 15 is 0 Å². The average Bonchev–Trinajstić information content (AvgIpc) is 2.84. The number of nitrogens with one attached hydrogen (secondary N) is 2. The van der Waals surface area contributed by atoms with Crippen LogP contribution in [0.25, 0.3) is 0 Å². The van der Waals surface area contributed by atoms with Crippen LogP contribution in [0.3, 0.4) is 0 Å². The van der Waals surface area contributed by atoms with Crippen molar-refractivity contribution in [3.05, 3.63) is 57.0 Å². The number of carboxylic acids is 1. The molecule has 3 N–H and O–H groups in total. The summed E-state index contributed by atoms with van der Waals surface area (Å²) in [5.74, 6) is -2.00. The lowest BCUT2D eigenvalue weighted by Gasteiger charge is -2.15. The summed E-state index contributed by atoms with van der Waals surface area (Å²) in [6.07, 6.45) is -0.00923. The van der Waals surface area contributed by atoms with Crippen molar-refractivity contribution in [3.8, 4) is 0 Å². The molecule has 1 heterocycles. The topological polar surface area (TPSA) is 112 Å². The molecule has 7 heteroatoms. The Morgan fingerprint density at radius 1 is 1.23 bits per heavy atom. The van der Waals surface area contributed by atoms with Crippen molar-refractivity contribution in [2.24, 2.45) is 0 Å². The maximum absolute atomic E-state index is 12.0. The second-order valence-electron chi connectivity index (χ2n) is 4.88. The second-order valence-corrected chi connectivity index (χ2v) is 4.88. The maximum atomic E-state index is 12.0. The molecule has 0 amide bonds. The van der Waals surface area contributed by atoms with Crippen molar-refractivity contribution in [3.63, 3.8) is 0 Å². The second kappa shape index (κ2) is 6.30. The molecule has 1 aromatic heterocycles. The number of aromatic amines is 2. The summed E-state index contributed by atoms with van der Waals surface area (Å²) in [7, 11) is 1.28. The number of benzene rings is 1. The third-order valence-corrected chi connectivity index (χ3v) is 3.52. The number of methoxy groups -OCH3 is 1. The number of H-pyrrole nitrogens is 2. The number of aryl methyl sites for hydroxylation is 1. The third-order valence-electron chi connectivity index (χ3n) is 3.52. The number of ether oxygens (including phenoxy) is 1. The number of aromatic carboxylic acids is 1. The first-order valence-electron chi connectivity index (χ1n) is 6.61. The predicted octanol–water partition coefficient (Wildman–Crippen LogP) is 1.40. The molecular formula is C15H16N2O5. The summed E-state index contributed by atoms with van der Waals surface area (Å²) in [4.78, 5) is 34.5. The Kier molecular flexibility index (Phi) is 4.45. The van der Waals surface area contributed by atoms with Gasteiger partial charge in [-0.05, 0) is 24.6 Å². The molecule has 0 radical (unpaired) electrons. The highest BCUT2D eigenvalue weighted by Gasteiger charge is 2.24. The normalized spacial score (nSPS) is 11.9. The molecule has 0 saturated carbocycles. The van der Waals surface area contributed by atoms with Crippen molar-refractivity contribution in [1.29, 1.82) is 0 Å². The maximum Gasteiger partial charge on any atom is 0.335 e. The first-order chi connectivity index (χ1) is 10.4. The summed E-state index contributed by atoms with van der Waals surface area (Å²) in [6.45, 7) is 1.73. The van der Waals surface area contributed by atoms with Gasteiger partial charge in [0, 0.05) is 17.2 Å². The van der Waals surface area contributed by atoms with E-state index in [1.807, 2.05) is 0 Å². The van der Waals surface area contributed by atoms with Gasteiger partial charge in [0.1, 0.15) is 0 Å². The van der Waals surface area contributed by atoms with Crippen molar-refractivity contribution in [2.75, 3.05) is 7.11 Å². The van der Waals surface area contributed by atoms with Gasteiger partial charge in [-0.3, -0.25) is 14.7 Å². The van der Waals surface area contributed by atoms with Crippen LogP contribution in [-0.2, 0) is 9.53 Å². The summed E-state index contributed by atoms with van der Waals surface area (Å²) in [5, 5.41) is 14.1. The Hall–Kier alpha value is -2.83. The van der Waals surface area contributed by atoms with E-state index in [9.17, 15) is 14.4 Å². The Morgan fingerprint density at radius 2 is 1.86 bits per heavy atom. The first kappa shape index (κ1) is 15.6. The van der Waals surface area contributed by atoms with Crippen LogP contribution < -0.4 is 5.56 Å². The Bertz CT molecular complexity index is 742. The summed E-state index contributed by atoms with van der Waals surface area (Å²) >= 11 is 0. The SMILES string of the molecule is COC(=O)CC(c1ccc(C(=O)O)cc1)c1c(C)[nH][nH]c1=O. The minimum absolute atomic E-state index is 0.00923. The lowest BCUT2D eigenvalue weighted by molar-refractivity contribution is -0.140. The predicted molar refractivity (Wildman–Crippen MR) is 78.0 cm³/mol. The fraction of sp³-hybridized carbons (Fsp3) is 0.267. The number of carbonyl (C=O) groups excluding carboxylic acids is 1. The number of carbonyl (C=O) groups is 2. The molecule has 2 aromatic rings. The van der Waals surface area contributed by atoms with Gasteiger partial charge in [-0.2, -0.15) is 0 Å². The van der Waals surface area contributed by atoms with Crippen LogP contribution in [0.15, 0.2) is 29.1 Å². The standard InChI is InChI=1S/C15H16N2O5/c1-8-13(14(19)17-16-8)11(7-12(18)22-2)9-3-5-10(6-4-9)15(20)21/h3-6,11H,7H2,1-2H3,(H,20,21)(H2,16,17,19). The lowest BCUT2D eigenvalue weighted by atomic mass is 9.88. The van der Waals surface area contributed by atoms with Crippen LogP contribution in [0.1, 0.15) is 39.5 Å². The molecule has 0 saturated heterocycles. The molecule has 0 aliphatic heterocycles. The van der Waals surface area contributed by atoms with Gasteiger partial charge >= 0.3 is 11.9 Å². The molecule has 0 bridgehead atoms. The van der Waals surface area contributed by atoms with E-state index in [2.05, 4.69) is 14.9 Å². The summed E-state index contributed by atoms with van der Waals surface area (Å²) in [5.41, 5.74) is 1.56. The third kappa shape index (κ3) is 3.08. The largest absolute Gasteiger partial charge is 0.478 e. The molecule has 1 unspecified atom stereocenters. The van der Waals surface area contributed by atoms with Gasteiger partial charge in [-0.15, -0.1) is 0 Å². The molecule has 0 fully saturated rings. The van der Waals surface area contributed by atoms with Gasteiger partial charge < -0.3 is 14.9 Å². The highest BCUT2D eigenvalue weighted by molar-refractivity contribution is 5.87. The Morgan fingerprint density at radius 3 is 2.32 bits per heavy atom. The Labute approximate surface area is 125 Å². The van der Waals surface area contributed by atoms with Crippen molar-refractivity contribution >= 4 is 11.9 Å². The molecule has 2 rings (SSSR count). The van der Waals surface area contributed by atoms with Crippen LogP contribution in [0.5, 0.6) is 0 Å². The van der Waals surface area contributed by atoms with Crippen LogP contribution in [0.2, 0.25) is 0 Å². The van der Waals surface area contributed by atoms with E-state index in [1.54, 1.807) is 19.1 Å². The van der Waals surface area contributed by atoms with Gasteiger partial charge in [-0.1, -0.05) is 12.1 Å². The number of hydrogen-bond donors (Lipinski definition) is 3. The molecule has 1 aromatic carbocycles. The minimum atomic E-state index is -1.04. The minimum Gasteiger partial charge on any atom is -0.478 e. The van der Waals surface area contributed by atoms with Crippen molar-refractivity contribution in [1.82, 2.24) is 10.2 Å². The van der Waals surface area contributed by atoms with Crippen LogP contribution in [0.4, 0.5) is 0 Å². The van der Waals surface area contributed by atoms with E-state index < -0.39 is 17.9 Å². The van der Waals surface area contributed by atoms with Gasteiger partial charge in [0.05, 0.1) is 19.1 Å². The van der Waals surface area contributed by atoms with E-state index in [0.29, 0.717) is 16.8 Å². The van der Waals surface area contributed by atoms with Gasteiger partial charge in [0.25, 0.3) is 5.56 Å². The zero-order valence-electron chi connectivity index (χ0n) is 12.2. The number of rotatable bonds is 5. The molecule has 22 heavy (non-hydrogen) atoms. The zero-order valence-corrected chi connectivity index (χ0v) is 12.2. The fourth-order valence-corrected chi connectivity index (χ4v) is 2.37. The first-order valence-corrected chi connectivity index (χ1v) is 6.61. The lowest BCUT2D eigenvalue weighted by Crippen LogP contribution is -2.17. The van der Waals surface area contributed by atoms with Gasteiger partial charge in [0.2, 0.25) is 0 Å². The highest BCUT2D eigenvalue weighted by atomic mass is 16.5. The van der Waals surface area contributed by atoms with E-state index in [0.717, 1.165) is 0 Å². The van der Waals surface area contributed by atoms with E-state index in [1.165, 1.54) is 19.2 Å². The zero-order chi connectivity index (χ0) is 16.3. The average molecular weight is 304 g/mol. The van der Waals surface area contributed by atoms with Crippen LogP contribution in [-0.4, -0.2) is 34.4 Å². The van der Waals surface area contributed by atoms with E-state index in [-0.39, 0.29) is 17.5 Å². The molecule has 0 aliphatic carbocycles. The summed E-state index contributed by atoms with van der Waals surface area (Å²) in [6, 6.07) is 6.09. The van der Waals surface area contributed by atoms with Crippen LogP contribution in [0, 0.1) is 6.92 Å². The van der Waals surface area contributed by atoms with E-state index in [4.69, 9.17) is 5.11 Å². The number of esters is 1. The van der Waals surface area contributed by atoms with Crippen molar-refractivity contribution < 1.29 is 19.4 Å². The highest BCUT2D eigenvalue weighted by Crippen LogP contribution is 2.28. The molecular weight excluding hydrogens is 288 g/mol.